The molecule has 0 aliphatic rings. The third-order valence-corrected chi connectivity index (χ3v) is 2.18. The van der Waals surface area contributed by atoms with E-state index in [0.717, 1.165) is 6.07 Å². The van der Waals surface area contributed by atoms with E-state index in [9.17, 15) is 9.18 Å². The molecule has 3 nitrogen and oxygen atoms in total. The Bertz CT molecular complexity index is 393. The van der Waals surface area contributed by atoms with Crippen LogP contribution in [-0.4, -0.2) is 13.1 Å². The highest BCUT2D eigenvalue weighted by molar-refractivity contribution is 6.31. The number of rotatable bonds is 1. The summed E-state index contributed by atoms with van der Waals surface area (Å²) in [4.78, 5) is 11.2. The van der Waals surface area contributed by atoms with E-state index in [1.807, 2.05) is 0 Å². The largest absolute Gasteiger partial charge is 0.465 e. The van der Waals surface area contributed by atoms with Crippen LogP contribution in [0.25, 0.3) is 0 Å². The SMILES string of the molecule is COC(=O)c1cc(Cl)c(F)c(C)c1N. The number of carbonyl (C=O) groups is 1. The highest BCUT2D eigenvalue weighted by Gasteiger charge is 2.17. The van der Waals surface area contributed by atoms with E-state index in [2.05, 4.69) is 4.74 Å². The Hall–Kier alpha value is -1.29. The zero-order valence-corrected chi connectivity index (χ0v) is 8.48. The van der Waals surface area contributed by atoms with E-state index in [4.69, 9.17) is 17.3 Å². The Morgan fingerprint density at radius 3 is 2.71 bits per heavy atom. The standard InChI is InChI=1S/C9H9ClFNO2/c1-4-7(11)6(10)3-5(8(4)12)9(13)14-2/h3H,12H2,1-2H3. The van der Waals surface area contributed by atoms with Gasteiger partial charge in [-0.05, 0) is 13.0 Å². The van der Waals surface area contributed by atoms with Crippen molar-refractivity contribution in [2.24, 2.45) is 0 Å². The molecular weight excluding hydrogens is 209 g/mol. The minimum Gasteiger partial charge on any atom is -0.465 e. The molecule has 1 aromatic rings. The van der Waals surface area contributed by atoms with Gasteiger partial charge in [-0.15, -0.1) is 0 Å². The molecule has 0 saturated heterocycles. The molecular formula is C9H9ClFNO2. The van der Waals surface area contributed by atoms with Crippen molar-refractivity contribution in [2.75, 3.05) is 12.8 Å². The summed E-state index contributed by atoms with van der Waals surface area (Å²) in [6.45, 7) is 1.45. The minimum atomic E-state index is -0.632. The second-order valence-corrected chi connectivity index (χ2v) is 3.16. The number of halogens is 2. The Labute approximate surface area is 85.6 Å². The summed E-state index contributed by atoms with van der Waals surface area (Å²) in [7, 11) is 1.22. The number of hydrogen-bond acceptors (Lipinski definition) is 3. The second kappa shape index (κ2) is 3.84. The van der Waals surface area contributed by atoms with Crippen LogP contribution in [0.5, 0.6) is 0 Å². The summed E-state index contributed by atoms with van der Waals surface area (Å²) >= 11 is 5.55. The third-order valence-electron chi connectivity index (χ3n) is 1.91. The first-order valence-electron chi connectivity index (χ1n) is 3.81. The zero-order valence-electron chi connectivity index (χ0n) is 7.73. The highest BCUT2D eigenvalue weighted by Crippen LogP contribution is 2.27. The fraction of sp³-hybridized carbons (Fsp3) is 0.222. The first-order chi connectivity index (χ1) is 6.49. The molecule has 0 unspecified atom stereocenters. The van der Waals surface area contributed by atoms with Crippen LogP contribution in [-0.2, 0) is 4.74 Å². The van der Waals surface area contributed by atoms with Crippen molar-refractivity contribution in [3.05, 3.63) is 28.0 Å². The van der Waals surface area contributed by atoms with Gasteiger partial charge in [0.05, 0.1) is 23.4 Å². The Balaban J connectivity index is 3.40. The van der Waals surface area contributed by atoms with Crippen molar-refractivity contribution in [1.82, 2.24) is 0 Å². The van der Waals surface area contributed by atoms with E-state index in [1.165, 1.54) is 14.0 Å². The van der Waals surface area contributed by atoms with E-state index in [-0.39, 0.29) is 21.8 Å². The summed E-state index contributed by atoms with van der Waals surface area (Å²) in [6.07, 6.45) is 0. The topological polar surface area (TPSA) is 52.3 Å². The lowest BCUT2D eigenvalue weighted by atomic mass is 10.1. The molecule has 5 heteroatoms. The van der Waals surface area contributed by atoms with Gasteiger partial charge in [0.15, 0.2) is 0 Å². The quantitative estimate of drug-likeness (QED) is 0.579. The van der Waals surface area contributed by atoms with Gasteiger partial charge in [-0.2, -0.15) is 0 Å². The monoisotopic (exact) mass is 217 g/mol. The van der Waals surface area contributed by atoms with Gasteiger partial charge in [-0.25, -0.2) is 9.18 Å². The summed E-state index contributed by atoms with van der Waals surface area (Å²) in [6, 6.07) is 1.16. The van der Waals surface area contributed by atoms with E-state index in [0.29, 0.717) is 0 Å². The first kappa shape index (κ1) is 10.8. The van der Waals surface area contributed by atoms with Crippen molar-refractivity contribution in [1.29, 1.82) is 0 Å². The van der Waals surface area contributed by atoms with Crippen LogP contribution in [0.4, 0.5) is 10.1 Å². The van der Waals surface area contributed by atoms with Crippen LogP contribution < -0.4 is 5.73 Å². The Morgan fingerprint density at radius 2 is 2.21 bits per heavy atom. The molecule has 0 atom stereocenters. The summed E-state index contributed by atoms with van der Waals surface area (Å²) in [5.41, 5.74) is 5.81. The maximum Gasteiger partial charge on any atom is 0.340 e. The number of anilines is 1. The second-order valence-electron chi connectivity index (χ2n) is 2.75. The number of nitrogen functional groups attached to an aromatic ring is 1. The number of nitrogens with two attached hydrogens (primary N) is 1. The van der Waals surface area contributed by atoms with Crippen LogP contribution in [0.15, 0.2) is 6.07 Å². The van der Waals surface area contributed by atoms with E-state index < -0.39 is 11.8 Å². The molecule has 0 aliphatic carbocycles. The zero-order chi connectivity index (χ0) is 10.9. The lowest BCUT2D eigenvalue weighted by molar-refractivity contribution is 0.0602. The minimum absolute atomic E-state index is 0.0544. The lowest BCUT2D eigenvalue weighted by Crippen LogP contribution is -2.08. The smallest absolute Gasteiger partial charge is 0.340 e. The summed E-state index contributed by atoms with van der Waals surface area (Å²) < 4.78 is 17.6. The Morgan fingerprint density at radius 1 is 1.64 bits per heavy atom. The van der Waals surface area contributed by atoms with Crippen molar-refractivity contribution >= 4 is 23.3 Å². The van der Waals surface area contributed by atoms with E-state index in [1.54, 1.807) is 0 Å². The number of esters is 1. The third kappa shape index (κ3) is 1.65. The maximum atomic E-state index is 13.2. The fourth-order valence-electron chi connectivity index (χ4n) is 1.05. The van der Waals surface area contributed by atoms with Crippen LogP contribution in [0, 0.1) is 12.7 Å². The number of ether oxygens (including phenoxy) is 1. The molecule has 76 valence electrons. The van der Waals surface area contributed by atoms with Crippen molar-refractivity contribution in [3.63, 3.8) is 0 Å². The molecule has 1 rings (SSSR count). The summed E-state index contributed by atoms with van der Waals surface area (Å²) in [5.74, 6) is -1.25. The van der Waals surface area contributed by atoms with Crippen LogP contribution >= 0.6 is 11.6 Å². The van der Waals surface area contributed by atoms with Crippen molar-refractivity contribution in [2.45, 2.75) is 6.92 Å². The predicted molar refractivity (Wildman–Crippen MR) is 51.9 cm³/mol. The number of benzene rings is 1. The predicted octanol–water partition coefficient (Wildman–Crippen LogP) is 2.16. The van der Waals surface area contributed by atoms with Gasteiger partial charge in [-0.3, -0.25) is 0 Å². The molecule has 0 amide bonds. The number of hydrogen-bond donors (Lipinski definition) is 1. The molecule has 14 heavy (non-hydrogen) atoms. The van der Waals surface area contributed by atoms with Gasteiger partial charge in [0.1, 0.15) is 5.82 Å². The normalized spacial score (nSPS) is 10.0. The van der Waals surface area contributed by atoms with Gasteiger partial charge in [0, 0.05) is 5.56 Å². The molecule has 0 aromatic heterocycles. The first-order valence-corrected chi connectivity index (χ1v) is 4.19. The molecule has 2 N–H and O–H groups in total. The van der Waals surface area contributed by atoms with Gasteiger partial charge >= 0.3 is 5.97 Å². The molecule has 0 fully saturated rings. The average Bonchev–Trinajstić information content (AvgIpc) is 2.19. The molecule has 0 spiro atoms. The number of methoxy groups -OCH3 is 1. The summed E-state index contributed by atoms with van der Waals surface area (Å²) in [5, 5.41) is -0.142. The molecule has 1 aromatic carbocycles. The number of carbonyl (C=O) groups excluding carboxylic acids is 1. The average molecular weight is 218 g/mol. The van der Waals surface area contributed by atoms with Crippen LogP contribution in [0.3, 0.4) is 0 Å². The maximum absolute atomic E-state index is 13.2. The lowest BCUT2D eigenvalue weighted by Gasteiger charge is -2.08. The van der Waals surface area contributed by atoms with Gasteiger partial charge in [-0.1, -0.05) is 11.6 Å². The molecule has 0 radical (unpaired) electrons. The van der Waals surface area contributed by atoms with Crippen LogP contribution in [0.2, 0.25) is 5.02 Å². The molecule has 0 bridgehead atoms. The molecule has 0 aliphatic heterocycles. The highest BCUT2D eigenvalue weighted by atomic mass is 35.5. The van der Waals surface area contributed by atoms with Crippen molar-refractivity contribution < 1.29 is 13.9 Å². The fourth-order valence-corrected chi connectivity index (χ4v) is 1.30. The van der Waals surface area contributed by atoms with Gasteiger partial charge in [0.2, 0.25) is 0 Å². The van der Waals surface area contributed by atoms with Crippen LogP contribution in [0.1, 0.15) is 15.9 Å². The Kier molecular flexibility index (Phi) is 2.96. The van der Waals surface area contributed by atoms with E-state index >= 15 is 0 Å². The van der Waals surface area contributed by atoms with Crippen molar-refractivity contribution in [3.8, 4) is 0 Å². The van der Waals surface area contributed by atoms with Gasteiger partial charge < -0.3 is 10.5 Å². The molecule has 0 saturated carbocycles. The van der Waals surface area contributed by atoms with Gasteiger partial charge in [0.25, 0.3) is 0 Å². The molecule has 0 heterocycles.